The van der Waals surface area contributed by atoms with Crippen molar-refractivity contribution >= 4 is 72.8 Å². The monoisotopic (exact) mass is 546 g/mol. The normalized spacial score (nSPS) is 32.4. The summed E-state index contributed by atoms with van der Waals surface area (Å²) in [5.41, 5.74) is 0.473. The molecule has 0 spiro atoms. The van der Waals surface area contributed by atoms with Crippen LogP contribution in [0, 0.1) is 23.7 Å². The summed E-state index contributed by atoms with van der Waals surface area (Å²) in [7, 11) is 0. The lowest BCUT2D eigenvalue weighted by Crippen LogP contribution is -2.38. The Balaban J connectivity index is 1.32. The fraction of sp³-hybridized carbons (Fsp3) is 0.474. The van der Waals surface area contributed by atoms with Crippen LogP contribution in [0.5, 0.6) is 0 Å². The van der Waals surface area contributed by atoms with Gasteiger partial charge in [0.1, 0.15) is 6.54 Å². The van der Waals surface area contributed by atoms with Crippen molar-refractivity contribution in [3.63, 3.8) is 0 Å². The lowest BCUT2D eigenvalue weighted by molar-refractivity contribution is -0.154. The molecule has 1 N–H and O–H groups in total. The molecule has 0 unspecified atom stereocenters. The topological polar surface area (TPSA) is 92.8 Å². The van der Waals surface area contributed by atoms with E-state index in [2.05, 4.69) is 37.2 Å². The van der Waals surface area contributed by atoms with Gasteiger partial charge in [-0.3, -0.25) is 24.1 Å². The lowest BCUT2D eigenvalue weighted by atomic mass is 9.81. The minimum atomic E-state index is -0.800. The number of carbonyl (C=O) groups is 4. The average molecular weight is 549 g/mol. The van der Waals surface area contributed by atoms with Crippen molar-refractivity contribution in [1.82, 2.24) is 4.90 Å². The highest BCUT2D eigenvalue weighted by molar-refractivity contribution is 9.12. The van der Waals surface area contributed by atoms with Crippen molar-refractivity contribution in [2.75, 3.05) is 18.5 Å². The van der Waals surface area contributed by atoms with Gasteiger partial charge in [-0.25, -0.2) is 0 Å². The molecule has 3 aliphatic rings. The van der Waals surface area contributed by atoms with Crippen molar-refractivity contribution in [1.29, 1.82) is 0 Å². The first kappa shape index (κ1) is 20.8. The largest absolute Gasteiger partial charge is 0.454 e. The van der Waals surface area contributed by atoms with Gasteiger partial charge >= 0.3 is 5.97 Å². The molecule has 7 nitrogen and oxygen atoms in total. The van der Waals surface area contributed by atoms with Crippen molar-refractivity contribution < 1.29 is 23.9 Å². The zero-order chi connectivity index (χ0) is 20.9. The summed E-state index contributed by atoms with van der Waals surface area (Å²) in [4.78, 5) is 50.8. The molecule has 3 amide bonds. The summed E-state index contributed by atoms with van der Waals surface area (Å²) < 4.78 is 4.95. The van der Waals surface area contributed by atoms with E-state index in [0.29, 0.717) is 10.7 Å². The molecule has 1 aromatic carbocycles. The second kappa shape index (κ2) is 8.00. The number of likely N-dealkylation sites (tertiary alicyclic amines) is 1. The standard InChI is InChI=1S/C19H17Br2ClN2O5/c20-16-10-5-11(17(16)21)15-14(10)18(27)24(19(15)28)6-13(26)29-7-12(25)23-9-3-1-2-8(22)4-9/h1-4,10-11,14-17H,5-7H2,(H,23,25)/t10-,11-,14-,15+,16-,17+/m1/s1. The van der Waals surface area contributed by atoms with Gasteiger partial charge in [0.05, 0.1) is 11.8 Å². The minimum Gasteiger partial charge on any atom is -0.454 e. The Morgan fingerprint density at radius 2 is 1.76 bits per heavy atom. The quantitative estimate of drug-likeness (QED) is 0.347. The molecule has 0 aromatic heterocycles. The van der Waals surface area contributed by atoms with Crippen molar-refractivity contribution in [3.8, 4) is 0 Å². The van der Waals surface area contributed by atoms with Gasteiger partial charge < -0.3 is 10.1 Å². The van der Waals surface area contributed by atoms with Crippen LogP contribution >= 0.6 is 43.5 Å². The number of imide groups is 1. The second-order valence-corrected chi connectivity index (χ2v) is 10.0. The third-order valence-corrected chi connectivity index (χ3v) is 9.28. The maximum atomic E-state index is 12.8. The number of halogens is 3. The number of amides is 3. The molecule has 0 radical (unpaired) electrons. The van der Waals surface area contributed by atoms with Gasteiger partial charge in [-0.15, -0.1) is 0 Å². The summed E-state index contributed by atoms with van der Waals surface area (Å²) in [5.74, 6) is -2.60. The molecule has 1 heterocycles. The number of nitrogens with zero attached hydrogens (tertiary/aromatic N) is 1. The van der Waals surface area contributed by atoms with E-state index in [1.807, 2.05) is 0 Å². The molecular weight excluding hydrogens is 531 g/mol. The molecule has 1 aromatic rings. The molecule has 29 heavy (non-hydrogen) atoms. The maximum Gasteiger partial charge on any atom is 0.326 e. The predicted octanol–water partition coefficient (Wildman–Crippen LogP) is 2.60. The highest BCUT2D eigenvalue weighted by Gasteiger charge is 2.66. The van der Waals surface area contributed by atoms with Gasteiger partial charge in [-0.2, -0.15) is 0 Å². The Bertz CT molecular complexity index is 865. The van der Waals surface area contributed by atoms with Crippen LogP contribution in [-0.4, -0.2) is 51.4 Å². The number of benzene rings is 1. The maximum absolute atomic E-state index is 12.8. The minimum absolute atomic E-state index is 0.0790. The molecule has 1 aliphatic heterocycles. The Labute approximate surface area is 188 Å². The number of nitrogens with one attached hydrogen (secondary N) is 1. The molecule has 2 saturated carbocycles. The van der Waals surface area contributed by atoms with E-state index < -0.39 is 25.0 Å². The van der Waals surface area contributed by atoms with Crippen LogP contribution in [0.4, 0.5) is 5.69 Å². The Kier molecular flexibility index (Phi) is 5.74. The van der Waals surface area contributed by atoms with Crippen LogP contribution in [0.3, 0.4) is 0 Å². The Morgan fingerprint density at radius 3 is 2.34 bits per heavy atom. The van der Waals surface area contributed by atoms with E-state index in [1.165, 1.54) is 0 Å². The lowest BCUT2D eigenvalue weighted by Gasteiger charge is -2.28. The number of carbonyl (C=O) groups excluding carboxylic acids is 4. The smallest absolute Gasteiger partial charge is 0.326 e. The molecule has 2 bridgehead atoms. The van der Waals surface area contributed by atoms with Gasteiger partial charge in [0, 0.05) is 20.4 Å². The van der Waals surface area contributed by atoms with Crippen molar-refractivity contribution in [3.05, 3.63) is 29.3 Å². The van der Waals surface area contributed by atoms with Gasteiger partial charge in [0.15, 0.2) is 6.61 Å². The van der Waals surface area contributed by atoms with E-state index >= 15 is 0 Å². The number of alkyl halides is 2. The highest BCUT2D eigenvalue weighted by atomic mass is 79.9. The van der Waals surface area contributed by atoms with Crippen molar-refractivity contribution in [2.45, 2.75) is 16.1 Å². The summed E-state index contributed by atoms with van der Waals surface area (Å²) >= 11 is 13.1. The number of ether oxygens (including phenoxy) is 1. The molecular formula is C19H17Br2ClN2O5. The van der Waals surface area contributed by atoms with Gasteiger partial charge in [-0.05, 0) is 36.5 Å². The van der Waals surface area contributed by atoms with E-state index in [0.717, 1.165) is 11.3 Å². The van der Waals surface area contributed by atoms with Crippen LogP contribution in [0.2, 0.25) is 5.02 Å². The second-order valence-electron chi connectivity index (χ2n) is 7.49. The van der Waals surface area contributed by atoms with Crippen molar-refractivity contribution in [2.24, 2.45) is 23.7 Å². The number of anilines is 1. The average Bonchev–Trinajstić information content (AvgIpc) is 3.27. The molecule has 1 saturated heterocycles. The number of hydrogen-bond donors (Lipinski definition) is 1. The summed E-state index contributed by atoms with van der Waals surface area (Å²) in [5, 5.41) is 3.01. The number of esters is 1. The van der Waals surface area contributed by atoms with Gasteiger partial charge in [0.2, 0.25) is 11.8 Å². The fourth-order valence-electron chi connectivity index (χ4n) is 4.65. The first-order valence-electron chi connectivity index (χ1n) is 9.12. The SMILES string of the molecule is O=C(COC(=O)CN1C(=O)[C@@H]2[C@H]3C[C@@H]([C@H](Br)[C@@H]3Br)[C@@H]2C1=O)Nc1cccc(Cl)c1. The van der Waals surface area contributed by atoms with E-state index in [1.54, 1.807) is 24.3 Å². The first-order chi connectivity index (χ1) is 13.8. The number of fused-ring (bicyclic) bond motifs is 5. The summed E-state index contributed by atoms with van der Waals surface area (Å²) in [6.45, 7) is -0.999. The summed E-state index contributed by atoms with van der Waals surface area (Å²) in [6, 6.07) is 6.55. The van der Waals surface area contributed by atoms with Crippen LogP contribution in [0.25, 0.3) is 0 Å². The third-order valence-electron chi connectivity index (χ3n) is 5.84. The van der Waals surface area contributed by atoms with Crippen LogP contribution in [-0.2, 0) is 23.9 Å². The van der Waals surface area contributed by atoms with E-state index in [9.17, 15) is 19.2 Å². The Morgan fingerprint density at radius 1 is 1.14 bits per heavy atom. The molecule has 6 atom stereocenters. The van der Waals surface area contributed by atoms with Crippen LogP contribution < -0.4 is 5.32 Å². The fourth-order valence-corrected chi connectivity index (χ4v) is 6.71. The van der Waals surface area contributed by atoms with E-state index in [-0.39, 0.29) is 45.1 Å². The van der Waals surface area contributed by atoms with Gasteiger partial charge in [-0.1, -0.05) is 49.5 Å². The van der Waals surface area contributed by atoms with E-state index in [4.69, 9.17) is 16.3 Å². The molecule has 3 fully saturated rings. The van der Waals surface area contributed by atoms with Crippen LogP contribution in [0.15, 0.2) is 24.3 Å². The summed E-state index contributed by atoms with van der Waals surface area (Å²) in [6.07, 6.45) is 0.820. The molecule has 10 heteroatoms. The number of rotatable bonds is 5. The predicted molar refractivity (Wildman–Crippen MR) is 112 cm³/mol. The first-order valence-corrected chi connectivity index (χ1v) is 11.3. The zero-order valence-electron chi connectivity index (χ0n) is 15.0. The zero-order valence-corrected chi connectivity index (χ0v) is 18.9. The molecule has 4 rings (SSSR count). The highest BCUT2D eigenvalue weighted by Crippen LogP contribution is 2.60. The molecule has 2 aliphatic carbocycles. The molecule has 154 valence electrons. The Hall–Kier alpha value is -1.45. The number of hydrogen-bond acceptors (Lipinski definition) is 5. The van der Waals surface area contributed by atoms with Crippen LogP contribution in [0.1, 0.15) is 6.42 Å². The van der Waals surface area contributed by atoms with Gasteiger partial charge in [0.25, 0.3) is 5.91 Å². The third kappa shape index (κ3) is 3.72.